The highest BCUT2D eigenvalue weighted by atomic mass is 32.2. The van der Waals surface area contributed by atoms with Crippen LogP contribution < -0.4 is 13.1 Å². The highest BCUT2D eigenvalue weighted by Crippen LogP contribution is 2.40. The summed E-state index contributed by atoms with van der Waals surface area (Å²) in [7, 11) is -8.51. The van der Waals surface area contributed by atoms with Crippen molar-refractivity contribution in [3.8, 4) is 17.2 Å². The number of ether oxygens (including phenoxy) is 1. The summed E-state index contributed by atoms with van der Waals surface area (Å²) in [5.74, 6) is -3.68. The van der Waals surface area contributed by atoms with Gasteiger partial charge in [0.1, 0.15) is 22.8 Å². The number of rotatable bonds is 11. The van der Waals surface area contributed by atoms with Crippen LogP contribution in [0.5, 0.6) is 17.2 Å². The van der Waals surface area contributed by atoms with Gasteiger partial charge in [-0.2, -0.15) is 16.8 Å². The van der Waals surface area contributed by atoms with Crippen LogP contribution in [0.15, 0.2) is 66.7 Å². The summed E-state index contributed by atoms with van der Waals surface area (Å²) in [5.41, 5.74) is 0.394. The Morgan fingerprint density at radius 3 is 1.69 bits per heavy atom. The van der Waals surface area contributed by atoms with Gasteiger partial charge in [0.05, 0.1) is 6.61 Å². The van der Waals surface area contributed by atoms with Gasteiger partial charge in [0.25, 0.3) is 0 Å². The summed E-state index contributed by atoms with van der Waals surface area (Å²) in [5, 5.41) is 9.79. The summed E-state index contributed by atoms with van der Waals surface area (Å²) in [4.78, 5) is 12.0. The van der Waals surface area contributed by atoms with Crippen LogP contribution in [0.1, 0.15) is 34.0 Å². The third kappa shape index (κ3) is 6.96. The number of hydrogen-bond acceptors (Lipinski definition) is 8. The van der Waals surface area contributed by atoms with E-state index in [9.17, 15) is 26.7 Å². The van der Waals surface area contributed by atoms with E-state index in [2.05, 4.69) is 0 Å². The number of aromatic carboxylic acids is 1. The first-order valence-electron chi connectivity index (χ1n) is 10.5. The van der Waals surface area contributed by atoms with Gasteiger partial charge in [0, 0.05) is 11.6 Å². The minimum atomic E-state index is -4.32. The maximum absolute atomic E-state index is 12.7. The van der Waals surface area contributed by atoms with E-state index in [-0.39, 0.29) is 23.7 Å². The molecule has 11 heteroatoms. The van der Waals surface area contributed by atoms with Crippen LogP contribution in [0.3, 0.4) is 0 Å². The molecule has 0 saturated carbocycles. The van der Waals surface area contributed by atoms with Crippen molar-refractivity contribution < 1.29 is 39.8 Å². The fourth-order valence-electron chi connectivity index (χ4n) is 3.28. The zero-order valence-corrected chi connectivity index (χ0v) is 20.6. The van der Waals surface area contributed by atoms with E-state index in [4.69, 9.17) is 13.1 Å². The second-order valence-electron chi connectivity index (χ2n) is 7.48. The van der Waals surface area contributed by atoms with Crippen LogP contribution in [0.25, 0.3) is 0 Å². The van der Waals surface area contributed by atoms with Crippen molar-refractivity contribution in [3.63, 3.8) is 0 Å². The number of carboxylic acids is 1. The predicted octanol–water partition coefficient (Wildman–Crippen LogP) is 3.91. The quantitative estimate of drug-likeness (QED) is 0.374. The molecule has 0 aliphatic carbocycles. The van der Waals surface area contributed by atoms with E-state index in [0.29, 0.717) is 11.1 Å². The Morgan fingerprint density at radius 2 is 1.26 bits per heavy atom. The second-order valence-corrected chi connectivity index (χ2v) is 10.6. The molecule has 0 aliphatic heterocycles. The normalized spacial score (nSPS) is 11.6. The lowest BCUT2D eigenvalue weighted by Crippen LogP contribution is -2.17. The first kappa shape index (κ1) is 26.0. The largest absolute Gasteiger partial charge is 0.492 e. The zero-order valence-electron chi connectivity index (χ0n) is 19.0. The summed E-state index contributed by atoms with van der Waals surface area (Å²) in [6.45, 7) is 3.03. The van der Waals surface area contributed by atoms with E-state index in [0.717, 1.165) is 6.07 Å². The Bertz CT molecular complexity index is 1400. The van der Waals surface area contributed by atoms with Crippen molar-refractivity contribution in [1.82, 2.24) is 0 Å². The van der Waals surface area contributed by atoms with Crippen molar-refractivity contribution in [2.24, 2.45) is 0 Å². The predicted molar refractivity (Wildman–Crippen MR) is 129 cm³/mol. The first-order valence-corrected chi connectivity index (χ1v) is 13.6. The van der Waals surface area contributed by atoms with Gasteiger partial charge in [-0.3, -0.25) is 0 Å². The van der Waals surface area contributed by atoms with E-state index >= 15 is 0 Å². The molecule has 0 radical (unpaired) electrons. The topological polar surface area (TPSA) is 133 Å². The summed E-state index contributed by atoms with van der Waals surface area (Å²) < 4.78 is 66.7. The number of benzene rings is 3. The molecule has 35 heavy (non-hydrogen) atoms. The molecule has 1 N–H and O–H groups in total. The van der Waals surface area contributed by atoms with Crippen LogP contribution in [0.2, 0.25) is 0 Å². The fraction of sp³-hybridized carbons (Fsp3) is 0.208. The van der Waals surface area contributed by atoms with Crippen molar-refractivity contribution in [2.75, 3.05) is 6.61 Å². The first-order chi connectivity index (χ1) is 16.5. The van der Waals surface area contributed by atoms with E-state index in [1.54, 1.807) is 67.6 Å². The molecule has 0 amide bonds. The van der Waals surface area contributed by atoms with Gasteiger partial charge in [-0.15, -0.1) is 0 Å². The molecule has 9 nitrogen and oxygen atoms in total. The molecule has 0 fully saturated rings. The van der Waals surface area contributed by atoms with Crippen molar-refractivity contribution >= 4 is 26.2 Å². The van der Waals surface area contributed by atoms with Crippen LogP contribution in [0, 0.1) is 6.92 Å². The molecule has 0 unspecified atom stereocenters. The van der Waals surface area contributed by atoms with Gasteiger partial charge in [0.15, 0.2) is 11.5 Å². The smallest absolute Gasteiger partial charge is 0.343 e. The number of hydrogen-bond donors (Lipinski definition) is 1. The molecule has 186 valence electrons. The summed E-state index contributed by atoms with van der Waals surface area (Å²) >= 11 is 0. The standard InChI is InChI=1S/C24H24O9S2/c1-3-31-23-17(2)20(32-34(27,28)15-18-10-6-4-7-11-18)14-21(22(23)24(25)26)33-35(29,30)16-19-12-8-5-9-13-19/h4-14H,3,15-16H2,1-2H3,(H,25,26). The Labute approximate surface area is 204 Å². The van der Waals surface area contributed by atoms with Crippen LogP contribution in [0.4, 0.5) is 0 Å². The lowest BCUT2D eigenvalue weighted by molar-refractivity contribution is 0.0690. The van der Waals surface area contributed by atoms with Gasteiger partial charge in [-0.05, 0) is 25.0 Å². The molecule has 0 spiro atoms. The van der Waals surface area contributed by atoms with E-state index in [1.807, 2.05) is 0 Å². The van der Waals surface area contributed by atoms with Gasteiger partial charge >= 0.3 is 26.2 Å². The second kappa shape index (κ2) is 10.8. The third-order valence-electron chi connectivity index (χ3n) is 4.75. The maximum Gasteiger partial charge on any atom is 0.343 e. The molecule has 3 aromatic carbocycles. The van der Waals surface area contributed by atoms with E-state index in [1.165, 1.54) is 6.92 Å². The Kier molecular flexibility index (Phi) is 8.03. The minimum absolute atomic E-state index is 0.0253. The molecule has 3 aromatic rings. The van der Waals surface area contributed by atoms with Gasteiger partial charge in [-0.1, -0.05) is 60.7 Å². The lowest BCUT2D eigenvalue weighted by Gasteiger charge is -2.18. The van der Waals surface area contributed by atoms with Crippen LogP contribution in [-0.2, 0) is 31.7 Å². The minimum Gasteiger partial charge on any atom is -0.492 e. The molecular weight excluding hydrogens is 496 g/mol. The SMILES string of the molecule is CCOc1c(C)c(OS(=O)(=O)Cc2ccccc2)cc(OS(=O)(=O)Cc2ccccc2)c1C(=O)O. The van der Waals surface area contributed by atoms with Crippen molar-refractivity contribution in [3.05, 3.63) is 89.0 Å². The molecule has 0 saturated heterocycles. The Hall–Kier alpha value is -3.57. The number of carboxylic acid groups (broad SMARTS) is 1. The molecular formula is C24H24O9S2. The number of carbonyl (C=O) groups is 1. The third-order valence-corrected chi connectivity index (χ3v) is 7.00. The van der Waals surface area contributed by atoms with Crippen molar-refractivity contribution in [1.29, 1.82) is 0 Å². The van der Waals surface area contributed by atoms with Crippen LogP contribution in [-0.4, -0.2) is 34.5 Å². The molecule has 0 aliphatic rings. The Morgan fingerprint density at radius 1 is 0.800 bits per heavy atom. The fourth-order valence-corrected chi connectivity index (χ4v) is 5.45. The molecule has 0 aromatic heterocycles. The molecule has 3 rings (SSSR count). The Balaban J connectivity index is 2.04. The van der Waals surface area contributed by atoms with Crippen LogP contribution >= 0.6 is 0 Å². The highest BCUT2D eigenvalue weighted by Gasteiger charge is 2.29. The lowest BCUT2D eigenvalue weighted by atomic mass is 10.1. The molecule has 0 bridgehead atoms. The molecule has 0 atom stereocenters. The van der Waals surface area contributed by atoms with E-state index < -0.39 is 49.0 Å². The van der Waals surface area contributed by atoms with Gasteiger partial charge in [0.2, 0.25) is 0 Å². The summed E-state index contributed by atoms with van der Waals surface area (Å²) in [6.07, 6.45) is 0. The zero-order chi connectivity index (χ0) is 25.6. The average molecular weight is 521 g/mol. The van der Waals surface area contributed by atoms with Gasteiger partial charge < -0.3 is 18.2 Å². The molecule has 0 heterocycles. The van der Waals surface area contributed by atoms with Gasteiger partial charge in [-0.25, -0.2) is 4.79 Å². The highest BCUT2D eigenvalue weighted by molar-refractivity contribution is 7.86. The maximum atomic E-state index is 12.7. The average Bonchev–Trinajstić information content (AvgIpc) is 2.77. The van der Waals surface area contributed by atoms with Crippen molar-refractivity contribution in [2.45, 2.75) is 25.4 Å². The summed E-state index contributed by atoms with van der Waals surface area (Å²) in [6, 6.07) is 17.4. The monoisotopic (exact) mass is 520 g/mol.